The van der Waals surface area contributed by atoms with E-state index in [-0.39, 0.29) is 5.56 Å². The van der Waals surface area contributed by atoms with E-state index in [0.717, 1.165) is 16.6 Å². The zero-order valence-electron chi connectivity index (χ0n) is 9.14. The van der Waals surface area contributed by atoms with E-state index in [4.69, 9.17) is 5.11 Å². The number of aromatic carboxylic acids is 1. The summed E-state index contributed by atoms with van der Waals surface area (Å²) in [6.45, 7) is 0. The van der Waals surface area contributed by atoms with Crippen LogP contribution in [0.2, 0.25) is 0 Å². The van der Waals surface area contributed by atoms with Gasteiger partial charge in [0.15, 0.2) is 0 Å². The van der Waals surface area contributed by atoms with Gasteiger partial charge < -0.3 is 10.0 Å². The van der Waals surface area contributed by atoms with Crippen LogP contribution in [0.5, 0.6) is 0 Å². The van der Waals surface area contributed by atoms with Gasteiger partial charge in [-0.1, -0.05) is 0 Å². The molecule has 0 unspecified atom stereocenters. The van der Waals surface area contributed by atoms with Gasteiger partial charge in [-0.3, -0.25) is 4.98 Å². The number of benzene rings is 1. The zero-order valence-corrected chi connectivity index (χ0v) is 9.14. The molecule has 0 atom stereocenters. The highest BCUT2D eigenvalue weighted by atomic mass is 16.4. The summed E-state index contributed by atoms with van der Waals surface area (Å²) in [6, 6.07) is 6.82. The number of anilines is 1. The molecule has 1 aromatic carbocycles. The van der Waals surface area contributed by atoms with E-state index >= 15 is 0 Å². The van der Waals surface area contributed by atoms with Crippen molar-refractivity contribution in [1.29, 1.82) is 0 Å². The summed E-state index contributed by atoms with van der Waals surface area (Å²) in [7, 11) is 3.84. The van der Waals surface area contributed by atoms with E-state index < -0.39 is 5.97 Å². The summed E-state index contributed by atoms with van der Waals surface area (Å²) in [5.74, 6) is -0.921. The minimum atomic E-state index is -0.921. The number of rotatable bonds is 2. The Kier molecular flexibility index (Phi) is 2.48. The number of fused-ring (bicyclic) bond motifs is 1. The summed E-state index contributed by atoms with van der Waals surface area (Å²) in [5.41, 5.74) is 2.05. The van der Waals surface area contributed by atoms with Crippen LogP contribution in [0.15, 0.2) is 30.5 Å². The fraction of sp³-hybridized carbons (Fsp3) is 0.167. The molecule has 4 heteroatoms. The first kappa shape index (κ1) is 10.4. The van der Waals surface area contributed by atoms with Crippen molar-refractivity contribution < 1.29 is 9.90 Å². The van der Waals surface area contributed by atoms with Gasteiger partial charge in [-0.15, -0.1) is 0 Å². The van der Waals surface area contributed by atoms with Gasteiger partial charge in [-0.05, 0) is 24.3 Å². The van der Waals surface area contributed by atoms with Gasteiger partial charge in [0.25, 0.3) is 0 Å². The maximum atomic E-state index is 10.9. The third-order valence-electron chi connectivity index (χ3n) is 2.45. The van der Waals surface area contributed by atoms with Crippen LogP contribution in [-0.4, -0.2) is 30.2 Å². The summed E-state index contributed by atoms with van der Waals surface area (Å²) in [5, 5.41) is 9.79. The van der Waals surface area contributed by atoms with E-state index in [0.29, 0.717) is 0 Å². The number of carbonyl (C=O) groups is 1. The summed E-state index contributed by atoms with van der Waals surface area (Å²) < 4.78 is 0. The fourth-order valence-electron chi connectivity index (χ4n) is 1.65. The second-order valence-corrected chi connectivity index (χ2v) is 3.76. The zero-order chi connectivity index (χ0) is 11.7. The highest BCUT2D eigenvalue weighted by Gasteiger charge is 2.08. The van der Waals surface area contributed by atoms with Crippen molar-refractivity contribution in [2.24, 2.45) is 0 Å². The smallest absolute Gasteiger partial charge is 0.335 e. The SMILES string of the molecule is CN(C)c1ccnc2ccc(C(=O)O)cc12. The second kappa shape index (κ2) is 3.81. The lowest BCUT2D eigenvalue weighted by atomic mass is 10.1. The van der Waals surface area contributed by atoms with Crippen molar-refractivity contribution in [3.63, 3.8) is 0 Å². The molecule has 0 saturated heterocycles. The van der Waals surface area contributed by atoms with Gasteiger partial charge in [0, 0.05) is 31.4 Å². The maximum Gasteiger partial charge on any atom is 0.335 e. The Morgan fingerprint density at radius 2 is 2.06 bits per heavy atom. The molecule has 1 N–H and O–H groups in total. The third kappa shape index (κ3) is 1.69. The molecular formula is C12H12N2O2. The van der Waals surface area contributed by atoms with Gasteiger partial charge in [0.05, 0.1) is 11.1 Å². The van der Waals surface area contributed by atoms with Crippen LogP contribution in [-0.2, 0) is 0 Å². The molecule has 82 valence electrons. The Morgan fingerprint density at radius 1 is 1.31 bits per heavy atom. The lowest BCUT2D eigenvalue weighted by Crippen LogP contribution is -2.09. The van der Waals surface area contributed by atoms with Crippen molar-refractivity contribution in [3.05, 3.63) is 36.0 Å². The first-order valence-corrected chi connectivity index (χ1v) is 4.89. The lowest BCUT2D eigenvalue weighted by molar-refractivity contribution is 0.0697. The van der Waals surface area contributed by atoms with E-state index in [1.807, 2.05) is 25.1 Å². The molecular weight excluding hydrogens is 204 g/mol. The third-order valence-corrected chi connectivity index (χ3v) is 2.45. The Hall–Kier alpha value is -2.10. The number of aromatic nitrogens is 1. The number of nitrogens with zero attached hydrogens (tertiary/aromatic N) is 2. The standard InChI is InChI=1S/C12H12N2O2/c1-14(2)11-5-6-13-10-4-3-8(12(15)16)7-9(10)11/h3-7H,1-2H3,(H,15,16). The predicted molar refractivity (Wildman–Crippen MR) is 63.0 cm³/mol. The largest absolute Gasteiger partial charge is 0.478 e. The minimum Gasteiger partial charge on any atom is -0.478 e. The van der Waals surface area contributed by atoms with Gasteiger partial charge in [0.2, 0.25) is 0 Å². The highest BCUT2D eigenvalue weighted by molar-refractivity contribution is 5.98. The first-order valence-electron chi connectivity index (χ1n) is 4.89. The van der Waals surface area contributed by atoms with Crippen molar-refractivity contribution in [1.82, 2.24) is 4.98 Å². The molecule has 0 aliphatic heterocycles. The summed E-state index contributed by atoms with van der Waals surface area (Å²) in [6.07, 6.45) is 1.72. The molecule has 0 spiro atoms. The summed E-state index contributed by atoms with van der Waals surface area (Å²) >= 11 is 0. The van der Waals surface area contributed by atoms with Crippen LogP contribution in [0.25, 0.3) is 10.9 Å². The molecule has 2 rings (SSSR count). The predicted octanol–water partition coefficient (Wildman–Crippen LogP) is 2.00. The highest BCUT2D eigenvalue weighted by Crippen LogP contribution is 2.24. The van der Waals surface area contributed by atoms with E-state index in [9.17, 15) is 4.79 Å². The fourth-order valence-corrected chi connectivity index (χ4v) is 1.65. The maximum absolute atomic E-state index is 10.9. The van der Waals surface area contributed by atoms with Crippen LogP contribution in [0, 0.1) is 0 Å². The molecule has 0 aliphatic carbocycles. The van der Waals surface area contributed by atoms with Crippen LogP contribution in [0.1, 0.15) is 10.4 Å². The van der Waals surface area contributed by atoms with Crippen molar-refractivity contribution in [3.8, 4) is 0 Å². The Labute approximate surface area is 93.1 Å². The second-order valence-electron chi connectivity index (χ2n) is 3.76. The van der Waals surface area contributed by atoms with Gasteiger partial charge in [-0.2, -0.15) is 0 Å². The van der Waals surface area contributed by atoms with E-state index in [2.05, 4.69) is 4.98 Å². The molecule has 0 radical (unpaired) electrons. The lowest BCUT2D eigenvalue weighted by Gasteiger charge is -2.14. The molecule has 0 aliphatic rings. The molecule has 0 saturated carbocycles. The Bertz CT molecular complexity index is 550. The average Bonchev–Trinajstić information content (AvgIpc) is 2.27. The number of pyridine rings is 1. The van der Waals surface area contributed by atoms with Crippen LogP contribution >= 0.6 is 0 Å². The van der Waals surface area contributed by atoms with Crippen molar-refractivity contribution >= 4 is 22.6 Å². The van der Waals surface area contributed by atoms with Crippen LogP contribution < -0.4 is 4.90 Å². The van der Waals surface area contributed by atoms with Crippen molar-refractivity contribution in [2.75, 3.05) is 19.0 Å². The normalized spacial score (nSPS) is 10.4. The molecule has 2 aromatic rings. The molecule has 0 fully saturated rings. The summed E-state index contributed by atoms with van der Waals surface area (Å²) in [4.78, 5) is 17.0. The Morgan fingerprint density at radius 3 is 2.69 bits per heavy atom. The van der Waals surface area contributed by atoms with E-state index in [1.54, 1.807) is 24.4 Å². The molecule has 1 aromatic heterocycles. The van der Waals surface area contributed by atoms with E-state index in [1.165, 1.54) is 0 Å². The number of hydrogen-bond acceptors (Lipinski definition) is 3. The average molecular weight is 216 g/mol. The number of carboxylic acid groups (broad SMARTS) is 1. The number of carboxylic acids is 1. The molecule has 1 heterocycles. The van der Waals surface area contributed by atoms with Gasteiger partial charge in [-0.25, -0.2) is 4.79 Å². The van der Waals surface area contributed by atoms with Gasteiger partial charge >= 0.3 is 5.97 Å². The van der Waals surface area contributed by atoms with Crippen molar-refractivity contribution in [2.45, 2.75) is 0 Å². The minimum absolute atomic E-state index is 0.281. The molecule has 0 amide bonds. The monoisotopic (exact) mass is 216 g/mol. The molecule has 4 nitrogen and oxygen atoms in total. The number of hydrogen-bond donors (Lipinski definition) is 1. The molecule has 0 bridgehead atoms. The van der Waals surface area contributed by atoms with Crippen LogP contribution in [0.3, 0.4) is 0 Å². The first-order chi connectivity index (χ1) is 7.59. The molecule has 16 heavy (non-hydrogen) atoms. The van der Waals surface area contributed by atoms with Gasteiger partial charge in [0.1, 0.15) is 0 Å². The topological polar surface area (TPSA) is 53.4 Å². The quantitative estimate of drug-likeness (QED) is 0.834. The Balaban J connectivity index is 2.73. The van der Waals surface area contributed by atoms with Crippen LogP contribution in [0.4, 0.5) is 5.69 Å².